The molecule has 3 aromatic rings. The summed E-state index contributed by atoms with van der Waals surface area (Å²) in [4.78, 5) is 25.1. The first-order valence-corrected chi connectivity index (χ1v) is 9.93. The Bertz CT molecular complexity index is 1010. The van der Waals surface area contributed by atoms with Crippen molar-refractivity contribution in [1.29, 1.82) is 0 Å². The van der Waals surface area contributed by atoms with Crippen LogP contribution in [0.4, 0.5) is 5.69 Å². The maximum atomic E-state index is 12.6. The van der Waals surface area contributed by atoms with Gasteiger partial charge in [-0.1, -0.05) is 23.7 Å². The van der Waals surface area contributed by atoms with Crippen LogP contribution in [-0.2, 0) is 11.3 Å². The van der Waals surface area contributed by atoms with Crippen LogP contribution in [0.5, 0.6) is 5.75 Å². The van der Waals surface area contributed by atoms with E-state index in [2.05, 4.69) is 26.6 Å². The number of halogens is 2. The molecule has 2 N–H and O–H groups in total. The Morgan fingerprint density at radius 2 is 1.97 bits per heavy atom. The second-order valence-corrected chi connectivity index (χ2v) is 7.42. The summed E-state index contributed by atoms with van der Waals surface area (Å²) in [6, 6.07) is 15.3. The predicted molar refractivity (Wildman–Crippen MR) is 114 cm³/mol. The SMILES string of the molecule is C[C@@H](Oc1ccc(Cl)cc1Br)C(=O)Nc1ccccc1C(=O)NCc1ccco1. The molecule has 0 spiro atoms. The summed E-state index contributed by atoms with van der Waals surface area (Å²) in [6.45, 7) is 1.87. The molecule has 8 heteroatoms. The molecule has 0 aliphatic rings. The number of hydrogen-bond acceptors (Lipinski definition) is 4. The number of carbonyl (C=O) groups excluding carboxylic acids is 2. The minimum atomic E-state index is -0.799. The molecule has 3 rings (SSSR count). The molecular weight excluding hydrogens is 460 g/mol. The fourth-order valence-corrected chi connectivity index (χ4v) is 3.29. The Hall–Kier alpha value is -2.77. The molecule has 0 unspecified atom stereocenters. The van der Waals surface area contributed by atoms with Gasteiger partial charge < -0.3 is 19.8 Å². The van der Waals surface area contributed by atoms with E-state index in [-0.39, 0.29) is 12.5 Å². The Morgan fingerprint density at radius 1 is 1.17 bits per heavy atom. The molecule has 0 aliphatic heterocycles. The van der Waals surface area contributed by atoms with Crippen molar-refractivity contribution in [3.05, 3.63) is 81.7 Å². The summed E-state index contributed by atoms with van der Waals surface area (Å²) in [5.74, 6) is 0.404. The third kappa shape index (κ3) is 5.62. The summed E-state index contributed by atoms with van der Waals surface area (Å²) in [7, 11) is 0. The highest BCUT2D eigenvalue weighted by molar-refractivity contribution is 9.10. The molecule has 0 bridgehead atoms. The Kier molecular flexibility index (Phi) is 6.95. The van der Waals surface area contributed by atoms with Crippen molar-refractivity contribution in [2.24, 2.45) is 0 Å². The van der Waals surface area contributed by atoms with Crippen LogP contribution >= 0.6 is 27.5 Å². The highest BCUT2D eigenvalue weighted by atomic mass is 79.9. The maximum absolute atomic E-state index is 12.6. The quantitative estimate of drug-likeness (QED) is 0.500. The lowest BCUT2D eigenvalue weighted by Gasteiger charge is -2.17. The predicted octanol–water partition coefficient (Wildman–Crippen LogP) is 5.03. The third-order valence-corrected chi connectivity index (χ3v) is 4.85. The lowest BCUT2D eigenvalue weighted by molar-refractivity contribution is -0.122. The zero-order valence-electron chi connectivity index (χ0n) is 15.4. The number of anilines is 1. The number of para-hydroxylation sites is 1. The largest absolute Gasteiger partial charge is 0.480 e. The van der Waals surface area contributed by atoms with Crippen LogP contribution in [0, 0.1) is 0 Å². The molecule has 150 valence electrons. The first kappa shape index (κ1) is 21.0. The molecule has 6 nitrogen and oxygen atoms in total. The van der Waals surface area contributed by atoms with Gasteiger partial charge in [0.05, 0.1) is 28.5 Å². The molecule has 0 saturated carbocycles. The van der Waals surface area contributed by atoms with Crippen LogP contribution in [0.25, 0.3) is 0 Å². The Morgan fingerprint density at radius 3 is 2.69 bits per heavy atom. The number of furan rings is 1. The van der Waals surface area contributed by atoms with Crippen molar-refractivity contribution in [3.63, 3.8) is 0 Å². The van der Waals surface area contributed by atoms with Crippen LogP contribution in [-0.4, -0.2) is 17.9 Å². The summed E-state index contributed by atoms with van der Waals surface area (Å²) in [5.41, 5.74) is 0.729. The van der Waals surface area contributed by atoms with E-state index in [1.165, 1.54) is 6.26 Å². The zero-order valence-corrected chi connectivity index (χ0v) is 17.8. The van der Waals surface area contributed by atoms with Gasteiger partial charge in [0.2, 0.25) is 0 Å². The van der Waals surface area contributed by atoms with Crippen LogP contribution in [0.3, 0.4) is 0 Å². The Labute approximate surface area is 181 Å². The number of rotatable bonds is 7. The van der Waals surface area contributed by atoms with Gasteiger partial charge in [-0.3, -0.25) is 9.59 Å². The van der Waals surface area contributed by atoms with Crippen molar-refractivity contribution in [2.45, 2.75) is 19.6 Å². The highest BCUT2D eigenvalue weighted by Gasteiger charge is 2.19. The van der Waals surface area contributed by atoms with E-state index >= 15 is 0 Å². The molecule has 29 heavy (non-hydrogen) atoms. The van der Waals surface area contributed by atoms with Crippen LogP contribution in [0.1, 0.15) is 23.0 Å². The number of ether oxygens (including phenoxy) is 1. The fourth-order valence-electron chi connectivity index (χ4n) is 2.52. The zero-order chi connectivity index (χ0) is 20.8. The molecule has 0 aliphatic carbocycles. The third-order valence-electron chi connectivity index (χ3n) is 4.00. The molecule has 0 saturated heterocycles. The standard InChI is InChI=1S/C21H18BrClN2O4/c1-13(29-19-9-8-14(23)11-17(19)22)20(26)25-18-7-3-2-6-16(18)21(27)24-12-15-5-4-10-28-15/h2-11,13H,12H2,1H3,(H,24,27)(H,25,26)/t13-/m1/s1. The van der Waals surface area contributed by atoms with Crippen molar-refractivity contribution in [3.8, 4) is 5.75 Å². The van der Waals surface area contributed by atoms with Crippen LogP contribution in [0.15, 0.2) is 69.8 Å². The van der Waals surface area contributed by atoms with Gasteiger partial charge in [-0.05, 0) is 65.3 Å². The smallest absolute Gasteiger partial charge is 0.265 e. The average molecular weight is 478 g/mol. The van der Waals surface area contributed by atoms with Crippen molar-refractivity contribution < 1.29 is 18.7 Å². The van der Waals surface area contributed by atoms with E-state index < -0.39 is 12.0 Å². The van der Waals surface area contributed by atoms with Gasteiger partial charge >= 0.3 is 0 Å². The van der Waals surface area contributed by atoms with Crippen molar-refractivity contribution in [1.82, 2.24) is 5.32 Å². The lowest BCUT2D eigenvalue weighted by atomic mass is 10.1. The van der Waals surface area contributed by atoms with Gasteiger partial charge in [-0.25, -0.2) is 0 Å². The van der Waals surface area contributed by atoms with Gasteiger partial charge in [0.1, 0.15) is 11.5 Å². The number of benzene rings is 2. The molecule has 1 aromatic heterocycles. The molecule has 2 aromatic carbocycles. The summed E-state index contributed by atoms with van der Waals surface area (Å²) >= 11 is 9.27. The van der Waals surface area contributed by atoms with E-state index in [1.54, 1.807) is 61.5 Å². The minimum absolute atomic E-state index is 0.248. The summed E-state index contributed by atoms with van der Waals surface area (Å²) < 4.78 is 11.5. The van der Waals surface area contributed by atoms with Crippen LogP contribution in [0.2, 0.25) is 5.02 Å². The lowest BCUT2D eigenvalue weighted by Crippen LogP contribution is -2.31. The van der Waals surface area contributed by atoms with E-state index in [0.29, 0.717) is 32.3 Å². The highest BCUT2D eigenvalue weighted by Crippen LogP contribution is 2.29. The van der Waals surface area contributed by atoms with Gasteiger partial charge in [-0.2, -0.15) is 0 Å². The molecule has 1 heterocycles. The number of hydrogen-bond donors (Lipinski definition) is 2. The van der Waals surface area contributed by atoms with Crippen LogP contribution < -0.4 is 15.4 Å². The normalized spacial score (nSPS) is 11.6. The van der Waals surface area contributed by atoms with E-state index in [1.807, 2.05) is 0 Å². The molecule has 1 atom stereocenters. The van der Waals surface area contributed by atoms with Gasteiger partial charge in [-0.15, -0.1) is 0 Å². The minimum Gasteiger partial charge on any atom is -0.480 e. The van der Waals surface area contributed by atoms with E-state index in [4.69, 9.17) is 20.8 Å². The number of amides is 2. The molecular formula is C21H18BrClN2O4. The first-order valence-electron chi connectivity index (χ1n) is 8.76. The first-order chi connectivity index (χ1) is 13.9. The summed E-state index contributed by atoms with van der Waals surface area (Å²) in [5, 5.41) is 6.06. The molecule has 0 radical (unpaired) electrons. The topological polar surface area (TPSA) is 80.6 Å². The van der Waals surface area contributed by atoms with Gasteiger partial charge in [0, 0.05) is 5.02 Å². The molecule has 0 fully saturated rings. The van der Waals surface area contributed by atoms with Crippen molar-refractivity contribution in [2.75, 3.05) is 5.32 Å². The van der Waals surface area contributed by atoms with Crippen molar-refractivity contribution >= 4 is 45.0 Å². The molecule has 2 amide bonds. The fraction of sp³-hybridized carbons (Fsp3) is 0.143. The summed E-state index contributed by atoms with van der Waals surface area (Å²) in [6.07, 6.45) is 0.738. The monoisotopic (exact) mass is 476 g/mol. The van der Waals surface area contributed by atoms with E-state index in [0.717, 1.165) is 0 Å². The number of carbonyl (C=O) groups is 2. The van der Waals surface area contributed by atoms with E-state index in [9.17, 15) is 9.59 Å². The van der Waals surface area contributed by atoms with Gasteiger partial charge in [0.25, 0.3) is 11.8 Å². The number of nitrogens with one attached hydrogen (secondary N) is 2. The average Bonchev–Trinajstić information content (AvgIpc) is 3.22. The maximum Gasteiger partial charge on any atom is 0.265 e. The Balaban J connectivity index is 1.66. The second kappa shape index (κ2) is 9.62. The van der Waals surface area contributed by atoms with Gasteiger partial charge in [0.15, 0.2) is 6.10 Å². The second-order valence-electron chi connectivity index (χ2n) is 6.13.